The van der Waals surface area contributed by atoms with E-state index in [0.29, 0.717) is 24.3 Å². The average molecular weight is 630 g/mol. The first-order valence-electron chi connectivity index (χ1n) is 14.4. The van der Waals surface area contributed by atoms with Crippen molar-refractivity contribution in [3.8, 4) is 17.0 Å². The fraction of sp³-hybridized carbons (Fsp3) is 0.419. The Hall–Kier alpha value is -3.87. The first kappa shape index (κ1) is 31.6. The maximum Gasteiger partial charge on any atom is 0.282 e. The number of nitrogens with one attached hydrogen (secondary N) is 2. The van der Waals surface area contributed by atoms with Crippen LogP contribution in [0.25, 0.3) is 11.1 Å². The summed E-state index contributed by atoms with van der Waals surface area (Å²) >= 11 is 6.19. The van der Waals surface area contributed by atoms with Crippen LogP contribution >= 0.6 is 11.6 Å². The van der Waals surface area contributed by atoms with E-state index in [4.69, 9.17) is 21.1 Å². The zero-order valence-corrected chi connectivity index (χ0v) is 25.4. The lowest BCUT2D eigenvalue weighted by atomic mass is 9.97. The first-order valence-corrected chi connectivity index (χ1v) is 14.8. The maximum absolute atomic E-state index is 13.6. The number of amides is 2. The van der Waals surface area contributed by atoms with Crippen molar-refractivity contribution >= 4 is 29.2 Å². The number of benzene rings is 1. The standard InChI is InChI=1S/C31H34ClF2N5O5/c1-4-44-27-11-20(23-8-5-21(32)12-24(23)29(41)38-16-31(33,34)17-38)10-26(36-27)37-28(40)25-9-19(13-35-18(2)15-43-3)14-39(30(25)42)22-6-7-22/h5,8-12,14,18,22,35H,4,6-7,13,15-17H2,1-3H3,(H,36,37,40)/t18-/m0/s1. The summed E-state index contributed by atoms with van der Waals surface area (Å²) in [7, 11) is 1.62. The number of carbonyl (C=O) groups is 2. The molecule has 2 amide bonds. The monoisotopic (exact) mass is 629 g/mol. The molecule has 5 rings (SSSR count). The van der Waals surface area contributed by atoms with Crippen molar-refractivity contribution in [2.45, 2.75) is 51.2 Å². The van der Waals surface area contributed by atoms with Crippen molar-refractivity contribution in [2.75, 3.05) is 38.7 Å². The summed E-state index contributed by atoms with van der Waals surface area (Å²) < 4.78 is 39.5. The molecule has 3 aromatic rings. The largest absolute Gasteiger partial charge is 0.478 e. The van der Waals surface area contributed by atoms with E-state index in [-0.39, 0.29) is 46.5 Å². The van der Waals surface area contributed by atoms with E-state index in [1.54, 1.807) is 49.1 Å². The second-order valence-corrected chi connectivity index (χ2v) is 11.6. The van der Waals surface area contributed by atoms with Gasteiger partial charge in [0.1, 0.15) is 11.4 Å². The third-order valence-corrected chi connectivity index (χ3v) is 7.58. The summed E-state index contributed by atoms with van der Waals surface area (Å²) in [6.07, 6.45) is 3.50. The average Bonchev–Trinajstić information content (AvgIpc) is 3.80. The number of hydrogen-bond acceptors (Lipinski definition) is 7. The Kier molecular flexibility index (Phi) is 9.33. The lowest BCUT2D eigenvalue weighted by Gasteiger charge is -2.39. The number of pyridine rings is 2. The van der Waals surface area contributed by atoms with Gasteiger partial charge >= 0.3 is 0 Å². The highest BCUT2D eigenvalue weighted by Gasteiger charge is 2.46. The van der Waals surface area contributed by atoms with Gasteiger partial charge in [-0.15, -0.1) is 0 Å². The number of methoxy groups -OCH3 is 1. The Morgan fingerprint density at radius 1 is 1.16 bits per heavy atom. The van der Waals surface area contributed by atoms with Crippen LogP contribution in [0.4, 0.5) is 14.6 Å². The van der Waals surface area contributed by atoms with E-state index in [1.807, 2.05) is 6.92 Å². The van der Waals surface area contributed by atoms with Gasteiger partial charge in [0, 0.05) is 48.6 Å². The highest BCUT2D eigenvalue weighted by molar-refractivity contribution is 6.31. The van der Waals surface area contributed by atoms with Crippen LogP contribution in [0, 0.1) is 0 Å². The van der Waals surface area contributed by atoms with Gasteiger partial charge in [-0.2, -0.15) is 4.98 Å². The molecule has 3 heterocycles. The number of ether oxygens (including phenoxy) is 2. The molecule has 10 nitrogen and oxygen atoms in total. The molecule has 234 valence electrons. The molecule has 0 unspecified atom stereocenters. The number of halogens is 3. The van der Waals surface area contributed by atoms with Gasteiger partial charge in [0.05, 0.1) is 26.3 Å². The van der Waals surface area contributed by atoms with Crippen LogP contribution in [0.2, 0.25) is 5.02 Å². The van der Waals surface area contributed by atoms with Gasteiger partial charge in [0.25, 0.3) is 23.3 Å². The zero-order chi connectivity index (χ0) is 31.6. The second kappa shape index (κ2) is 13.0. The quantitative estimate of drug-likeness (QED) is 0.297. The molecule has 1 aliphatic heterocycles. The highest BCUT2D eigenvalue weighted by Crippen LogP contribution is 2.35. The Morgan fingerprint density at radius 2 is 1.91 bits per heavy atom. The number of likely N-dealkylation sites (tertiary alicyclic amines) is 1. The molecule has 1 saturated heterocycles. The molecule has 1 atom stereocenters. The van der Waals surface area contributed by atoms with Gasteiger partial charge in [-0.3, -0.25) is 14.4 Å². The van der Waals surface area contributed by atoms with Crippen molar-refractivity contribution in [3.63, 3.8) is 0 Å². The molecule has 0 radical (unpaired) electrons. The second-order valence-electron chi connectivity index (χ2n) is 11.1. The molecule has 13 heteroatoms. The van der Waals surface area contributed by atoms with Gasteiger partial charge in [0.15, 0.2) is 0 Å². The molecular formula is C31H34ClF2N5O5. The zero-order valence-electron chi connectivity index (χ0n) is 24.7. The summed E-state index contributed by atoms with van der Waals surface area (Å²) in [5, 5.41) is 6.30. The number of nitrogens with zero attached hydrogens (tertiary/aromatic N) is 3. The lowest BCUT2D eigenvalue weighted by molar-refractivity contribution is -0.113. The molecule has 1 saturated carbocycles. The summed E-state index contributed by atoms with van der Waals surface area (Å²) in [4.78, 5) is 45.5. The minimum Gasteiger partial charge on any atom is -0.478 e. The van der Waals surface area contributed by atoms with Gasteiger partial charge in [0.2, 0.25) is 5.88 Å². The van der Waals surface area contributed by atoms with Crippen LogP contribution in [0.3, 0.4) is 0 Å². The SMILES string of the molecule is CCOc1cc(-c2ccc(Cl)cc2C(=O)N2CC(F)(F)C2)cc(NC(=O)c2cc(CN[C@@H](C)COC)cn(C3CC3)c2=O)n1. The maximum atomic E-state index is 13.6. The van der Waals surface area contributed by atoms with Crippen molar-refractivity contribution in [1.82, 2.24) is 19.8 Å². The van der Waals surface area contributed by atoms with Crippen molar-refractivity contribution in [1.29, 1.82) is 0 Å². The normalized spacial score (nSPS) is 16.3. The summed E-state index contributed by atoms with van der Waals surface area (Å²) in [5.41, 5.74) is 1.27. The topological polar surface area (TPSA) is 115 Å². The van der Waals surface area contributed by atoms with Crippen LogP contribution in [-0.2, 0) is 11.3 Å². The molecule has 0 bridgehead atoms. The van der Waals surface area contributed by atoms with Crippen LogP contribution in [0.1, 0.15) is 59.0 Å². The predicted octanol–water partition coefficient (Wildman–Crippen LogP) is 4.77. The van der Waals surface area contributed by atoms with Crippen LogP contribution in [-0.4, -0.2) is 71.6 Å². The number of anilines is 1. The van der Waals surface area contributed by atoms with Crippen LogP contribution < -0.4 is 20.9 Å². The number of rotatable bonds is 12. The third kappa shape index (κ3) is 7.25. The summed E-state index contributed by atoms with van der Waals surface area (Å²) in [5.74, 6) is -3.95. The number of alkyl halides is 2. The highest BCUT2D eigenvalue weighted by atomic mass is 35.5. The van der Waals surface area contributed by atoms with E-state index in [2.05, 4.69) is 15.6 Å². The van der Waals surface area contributed by atoms with E-state index in [9.17, 15) is 23.2 Å². The Labute approximate surface area is 258 Å². The minimum absolute atomic E-state index is 0.0400. The minimum atomic E-state index is -2.93. The molecule has 1 aromatic carbocycles. The van der Waals surface area contributed by atoms with Gasteiger partial charge in [-0.05, 0) is 67.6 Å². The summed E-state index contributed by atoms with van der Waals surface area (Å²) in [6, 6.07) is 9.37. The fourth-order valence-electron chi connectivity index (χ4n) is 5.05. The van der Waals surface area contributed by atoms with Crippen molar-refractivity contribution in [3.05, 3.63) is 74.7 Å². The van der Waals surface area contributed by atoms with Crippen molar-refractivity contribution < 1.29 is 27.8 Å². The molecule has 2 fully saturated rings. The van der Waals surface area contributed by atoms with Gasteiger partial charge < -0.3 is 29.6 Å². The number of hydrogen-bond donors (Lipinski definition) is 2. The molecule has 44 heavy (non-hydrogen) atoms. The molecule has 2 aliphatic rings. The lowest BCUT2D eigenvalue weighted by Crippen LogP contribution is -2.58. The van der Waals surface area contributed by atoms with E-state index in [1.165, 1.54) is 12.1 Å². The Morgan fingerprint density at radius 3 is 2.57 bits per heavy atom. The molecule has 2 aromatic heterocycles. The molecule has 1 aliphatic carbocycles. The van der Waals surface area contributed by atoms with E-state index >= 15 is 0 Å². The third-order valence-electron chi connectivity index (χ3n) is 7.35. The Bertz CT molecular complexity index is 1620. The van der Waals surface area contributed by atoms with Gasteiger partial charge in [-0.1, -0.05) is 17.7 Å². The number of carbonyl (C=O) groups excluding carboxylic acids is 2. The fourth-order valence-corrected chi connectivity index (χ4v) is 5.22. The first-order chi connectivity index (χ1) is 21.0. The van der Waals surface area contributed by atoms with Crippen LogP contribution in [0.15, 0.2) is 47.4 Å². The van der Waals surface area contributed by atoms with Crippen LogP contribution in [0.5, 0.6) is 5.88 Å². The Balaban J connectivity index is 1.47. The van der Waals surface area contributed by atoms with Crippen molar-refractivity contribution in [2.24, 2.45) is 0 Å². The predicted molar refractivity (Wildman–Crippen MR) is 162 cm³/mol. The smallest absolute Gasteiger partial charge is 0.282 e. The molecular weight excluding hydrogens is 596 g/mol. The van der Waals surface area contributed by atoms with Gasteiger partial charge in [-0.25, -0.2) is 8.78 Å². The van der Waals surface area contributed by atoms with E-state index in [0.717, 1.165) is 23.3 Å². The van der Waals surface area contributed by atoms with E-state index < -0.39 is 36.4 Å². The molecule has 2 N–H and O–H groups in total. The summed E-state index contributed by atoms with van der Waals surface area (Å²) in [6.45, 7) is 3.57. The number of aromatic nitrogens is 2. The molecule has 0 spiro atoms.